The van der Waals surface area contributed by atoms with Crippen molar-refractivity contribution < 1.29 is 9.32 Å². The summed E-state index contributed by atoms with van der Waals surface area (Å²) in [4.78, 5) is 14.5. The molecule has 3 aromatic rings. The van der Waals surface area contributed by atoms with E-state index in [0.29, 0.717) is 23.7 Å². The zero-order chi connectivity index (χ0) is 18.9. The molecule has 1 amide bonds. The lowest BCUT2D eigenvalue weighted by Gasteiger charge is -2.40. The van der Waals surface area contributed by atoms with E-state index in [0.717, 1.165) is 37.1 Å². The monoisotopic (exact) mass is 377 g/mol. The van der Waals surface area contributed by atoms with Crippen LogP contribution in [0, 0.1) is 5.92 Å². The number of benzene rings is 1. The van der Waals surface area contributed by atoms with Gasteiger partial charge in [-0.3, -0.25) is 4.79 Å². The molecule has 0 spiro atoms. The molecule has 1 aliphatic carbocycles. The van der Waals surface area contributed by atoms with Gasteiger partial charge in [-0.25, -0.2) is 0 Å². The number of hydrogen-bond donors (Lipinski definition) is 1. The Hall–Kier alpha value is -2.96. The first-order valence-corrected chi connectivity index (χ1v) is 9.96. The summed E-state index contributed by atoms with van der Waals surface area (Å²) < 4.78 is 5.26. The fourth-order valence-electron chi connectivity index (χ4n) is 4.06. The normalized spacial score (nSPS) is 16.6. The number of aromatic nitrogens is 3. The van der Waals surface area contributed by atoms with Crippen LogP contribution in [0.1, 0.15) is 29.8 Å². The first-order valence-electron chi connectivity index (χ1n) is 9.96. The number of aryl methyl sites for hydroxylation is 2. The topological polar surface area (TPSA) is 84.2 Å². The van der Waals surface area contributed by atoms with Crippen LogP contribution in [0.4, 0.5) is 5.82 Å². The van der Waals surface area contributed by atoms with E-state index in [-0.39, 0.29) is 12.3 Å². The van der Waals surface area contributed by atoms with Gasteiger partial charge in [0.2, 0.25) is 5.91 Å². The second-order valence-corrected chi connectivity index (χ2v) is 7.76. The number of hydrogen-bond acceptors (Lipinski definition) is 6. The Kier molecular flexibility index (Phi) is 4.43. The summed E-state index contributed by atoms with van der Waals surface area (Å²) in [5.41, 5.74) is 3.92. The minimum atomic E-state index is -0.0222. The van der Waals surface area contributed by atoms with E-state index >= 15 is 0 Å². The highest BCUT2D eigenvalue weighted by Crippen LogP contribution is 2.26. The highest BCUT2D eigenvalue weighted by molar-refractivity contribution is 5.86. The van der Waals surface area contributed by atoms with E-state index in [1.54, 1.807) is 0 Å². The molecule has 1 aliphatic heterocycles. The van der Waals surface area contributed by atoms with Crippen molar-refractivity contribution >= 4 is 22.7 Å². The fraction of sp³-hybridized carbons (Fsp3) is 0.429. The predicted octanol–water partition coefficient (Wildman–Crippen LogP) is 2.29. The van der Waals surface area contributed by atoms with E-state index in [4.69, 9.17) is 4.52 Å². The number of rotatable bonds is 5. The van der Waals surface area contributed by atoms with Gasteiger partial charge in [0, 0.05) is 30.9 Å². The van der Waals surface area contributed by atoms with Crippen molar-refractivity contribution in [1.82, 2.24) is 20.7 Å². The average molecular weight is 377 g/mol. The van der Waals surface area contributed by atoms with Crippen molar-refractivity contribution in [1.29, 1.82) is 0 Å². The van der Waals surface area contributed by atoms with Crippen LogP contribution in [-0.4, -0.2) is 40.9 Å². The molecule has 1 saturated heterocycles. The lowest BCUT2D eigenvalue weighted by atomic mass is 9.95. The number of fused-ring (bicyclic) bond motifs is 2. The highest BCUT2D eigenvalue weighted by atomic mass is 16.5. The van der Waals surface area contributed by atoms with Crippen LogP contribution in [0.5, 0.6) is 0 Å². The fourth-order valence-corrected chi connectivity index (χ4v) is 4.06. The molecule has 0 bridgehead atoms. The Balaban J connectivity index is 1.11. The SMILES string of the molecule is O=C(Cc1noc2ccccc12)NCC1CN(c2cc3c(nn2)CCCC3)C1. The lowest BCUT2D eigenvalue weighted by molar-refractivity contribution is -0.120. The predicted molar refractivity (Wildman–Crippen MR) is 105 cm³/mol. The molecule has 144 valence electrons. The molecule has 2 aliphatic rings. The van der Waals surface area contributed by atoms with E-state index in [9.17, 15) is 4.79 Å². The summed E-state index contributed by atoms with van der Waals surface area (Å²) >= 11 is 0. The van der Waals surface area contributed by atoms with Gasteiger partial charge >= 0.3 is 0 Å². The van der Waals surface area contributed by atoms with Crippen molar-refractivity contribution in [3.63, 3.8) is 0 Å². The number of carbonyl (C=O) groups is 1. The maximum atomic E-state index is 12.3. The standard InChI is InChI=1S/C21H23N5O2/c27-21(10-18-16-6-2-4-8-19(16)28-25-18)22-11-14-12-26(13-14)20-9-15-5-1-3-7-17(15)23-24-20/h2,4,6,8-9,14H,1,3,5,7,10-13H2,(H,22,27). The number of amides is 1. The summed E-state index contributed by atoms with van der Waals surface area (Å²) in [5.74, 6) is 1.39. The molecule has 7 heteroatoms. The quantitative estimate of drug-likeness (QED) is 0.734. The minimum absolute atomic E-state index is 0.0222. The second kappa shape index (κ2) is 7.22. The van der Waals surface area contributed by atoms with Gasteiger partial charge in [0.05, 0.1) is 12.1 Å². The molecule has 0 unspecified atom stereocenters. The molecule has 28 heavy (non-hydrogen) atoms. The molecule has 1 fully saturated rings. The first-order chi connectivity index (χ1) is 13.8. The molecule has 1 aromatic carbocycles. The minimum Gasteiger partial charge on any atom is -0.356 e. The van der Waals surface area contributed by atoms with E-state index in [1.807, 2.05) is 24.3 Å². The molecule has 3 heterocycles. The third kappa shape index (κ3) is 3.32. The zero-order valence-electron chi connectivity index (χ0n) is 15.7. The van der Waals surface area contributed by atoms with Gasteiger partial charge in [-0.2, -0.15) is 5.10 Å². The van der Waals surface area contributed by atoms with Crippen LogP contribution in [0.2, 0.25) is 0 Å². The molecule has 0 radical (unpaired) electrons. The number of carbonyl (C=O) groups excluding carboxylic acids is 1. The summed E-state index contributed by atoms with van der Waals surface area (Å²) in [6.45, 7) is 2.48. The van der Waals surface area contributed by atoms with Crippen molar-refractivity contribution in [2.45, 2.75) is 32.1 Å². The smallest absolute Gasteiger partial charge is 0.226 e. The van der Waals surface area contributed by atoms with Crippen LogP contribution in [0.15, 0.2) is 34.9 Å². The Labute approximate surface area is 163 Å². The first kappa shape index (κ1) is 17.2. The number of para-hydroxylation sites is 1. The summed E-state index contributed by atoms with van der Waals surface area (Å²) in [5, 5.41) is 16.8. The molecular weight excluding hydrogens is 354 g/mol. The number of nitrogens with zero attached hydrogens (tertiary/aromatic N) is 4. The molecule has 0 saturated carbocycles. The summed E-state index contributed by atoms with van der Waals surface area (Å²) in [6.07, 6.45) is 4.87. The van der Waals surface area contributed by atoms with Gasteiger partial charge in [-0.1, -0.05) is 17.3 Å². The van der Waals surface area contributed by atoms with Crippen LogP contribution in [0.3, 0.4) is 0 Å². The van der Waals surface area contributed by atoms with E-state index in [2.05, 4.69) is 31.6 Å². The zero-order valence-corrected chi connectivity index (χ0v) is 15.7. The van der Waals surface area contributed by atoms with Crippen molar-refractivity contribution in [3.05, 3.63) is 47.3 Å². The van der Waals surface area contributed by atoms with Gasteiger partial charge in [-0.05, 0) is 49.4 Å². The van der Waals surface area contributed by atoms with Gasteiger partial charge in [-0.15, -0.1) is 5.10 Å². The Morgan fingerprint density at radius 2 is 2.04 bits per heavy atom. The molecule has 0 atom stereocenters. The van der Waals surface area contributed by atoms with E-state index < -0.39 is 0 Å². The molecule has 7 nitrogen and oxygen atoms in total. The maximum absolute atomic E-state index is 12.3. The van der Waals surface area contributed by atoms with Gasteiger partial charge in [0.1, 0.15) is 5.69 Å². The maximum Gasteiger partial charge on any atom is 0.226 e. The molecular formula is C21H23N5O2. The molecule has 1 N–H and O–H groups in total. The van der Waals surface area contributed by atoms with Gasteiger partial charge in [0.15, 0.2) is 11.4 Å². The van der Waals surface area contributed by atoms with Gasteiger partial charge < -0.3 is 14.7 Å². The summed E-state index contributed by atoms with van der Waals surface area (Å²) in [6, 6.07) is 9.81. The van der Waals surface area contributed by atoms with Crippen molar-refractivity contribution in [2.24, 2.45) is 5.92 Å². The highest BCUT2D eigenvalue weighted by Gasteiger charge is 2.29. The molecule has 2 aromatic heterocycles. The second-order valence-electron chi connectivity index (χ2n) is 7.76. The van der Waals surface area contributed by atoms with Crippen LogP contribution in [-0.2, 0) is 24.1 Å². The third-order valence-corrected chi connectivity index (χ3v) is 5.71. The van der Waals surface area contributed by atoms with E-state index in [1.165, 1.54) is 24.1 Å². The van der Waals surface area contributed by atoms with Crippen LogP contribution >= 0.6 is 0 Å². The number of anilines is 1. The molecule has 5 rings (SSSR count). The Morgan fingerprint density at radius 1 is 1.18 bits per heavy atom. The van der Waals surface area contributed by atoms with Crippen molar-refractivity contribution in [2.75, 3.05) is 24.5 Å². The third-order valence-electron chi connectivity index (χ3n) is 5.71. The van der Waals surface area contributed by atoms with Crippen molar-refractivity contribution in [3.8, 4) is 0 Å². The van der Waals surface area contributed by atoms with Crippen LogP contribution < -0.4 is 10.2 Å². The average Bonchev–Trinajstić information content (AvgIpc) is 3.09. The van der Waals surface area contributed by atoms with Crippen LogP contribution in [0.25, 0.3) is 11.0 Å². The Morgan fingerprint density at radius 3 is 2.96 bits per heavy atom. The lowest BCUT2D eigenvalue weighted by Crippen LogP contribution is -2.52. The number of nitrogens with one attached hydrogen (secondary N) is 1. The largest absolute Gasteiger partial charge is 0.356 e. The summed E-state index contributed by atoms with van der Waals surface area (Å²) in [7, 11) is 0. The van der Waals surface area contributed by atoms with Gasteiger partial charge in [0.25, 0.3) is 0 Å². The Bertz CT molecular complexity index is 1010.